The van der Waals surface area contributed by atoms with Gasteiger partial charge in [-0.25, -0.2) is 8.42 Å². The van der Waals surface area contributed by atoms with Crippen LogP contribution in [0.1, 0.15) is 5.56 Å². The van der Waals surface area contributed by atoms with E-state index in [0.717, 1.165) is 5.56 Å². The summed E-state index contributed by atoms with van der Waals surface area (Å²) in [4.78, 5) is 0.218. The third kappa shape index (κ3) is 4.79. The SMILES string of the molecule is C=CCN(CCOC)S(=O)(=O)c1ccc(Cl)c(CNC)c1. The molecule has 0 aliphatic rings. The lowest BCUT2D eigenvalue weighted by atomic mass is 10.2. The molecular weight excluding hydrogens is 312 g/mol. The summed E-state index contributed by atoms with van der Waals surface area (Å²) in [5.74, 6) is 0. The predicted octanol–water partition coefficient (Wildman–Crippen LogP) is 1.88. The molecule has 0 aliphatic carbocycles. The molecule has 0 radical (unpaired) electrons. The normalized spacial score (nSPS) is 11.8. The number of nitrogens with one attached hydrogen (secondary N) is 1. The molecule has 0 bridgehead atoms. The van der Waals surface area contributed by atoms with Crippen molar-refractivity contribution in [2.75, 3.05) is 33.9 Å². The van der Waals surface area contributed by atoms with Gasteiger partial charge >= 0.3 is 0 Å². The molecule has 7 heteroatoms. The Hall–Kier alpha value is -0.920. The molecule has 1 N–H and O–H groups in total. The predicted molar refractivity (Wildman–Crippen MR) is 85.0 cm³/mol. The molecule has 0 heterocycles. The lowest BCUT2D eigenvalue weighted by molar-refractivity contribution is 0.182. The highest BCUT2D eigenvalue weighted by molar-refractivity contribution is 7.89. The highest BCUT2D eigenvalue weighted by Crippen LogP contribution is 2.23. The van der Waals surface area contributed by atoms with Gasteiger partial charge in [0.05, 0.1) is 11.5 Å². The van der Waals surface area contributed by atoms with Crippen molar-refractivity contribution in [3.8, 4) is 0 Å². The van der Waals surface area contributed by atoms with Gasteiger partial charge in [0, 0.05) is 31.8 Å². The number of rotatable bonds is 9. The first-order valence-corrected chi connectivity index (χ1v) is 8.32. The minimum atomic E-state index is -3.60. The van der Waals surface area contributed by atoms with Gasteiger partial charge < -0.3 is 10.1 Å². The molecule has 0 saturated heterocycles. The van der Waals surface area contributed by atoms with Crippen LogP contribution in [0, 0.1) is 0 Å². The van der Waals surface area contributed by atoms with E-state index in [-0.39, 0.29) is 18.0 Å². The van der Waals surface area contributed by atoms with E-state index < -0.39 is 10.0 Å². The molecule has 5 nitrogen and oxygen atoms in total. The average molecular weight is 333 g/mol. The molecule has 1 rings (SSSR count). The Morgan fingerprint density at radius 1 is 1.48 bits per heavy atom. The molecule has 0 amide bonds. The average Bonchev–Trinajstić information content (AvgIpc) is 2.45. The summed E-state index contributed by atoms with van der Waals surface area (Å²) in [6, 6.07) is 4.71. The molecule has 0 aliphatic heterocycles. The van der Waals surface area contributed by atoms with E-state index in [4.69, 9.17) is 16.3 Å². The third-order valence-electron chi connectivity index (χ3n) is 2.90. The molecular formula is C14H21ClN2O3S. The van der Waals surface area contributed by atoms with Crippen molar-refractivity contribution in [2.24, 2.45) is 0 Å². The van der Waals surface area contributed by atoms with Crippen LogP contribution in [0.5, 0.6) is 0 Å². The Kier molecular flexibility index (Phi) is 7.34. The maximum Gasteiger partial charge on any atom is 0.243 e. The standard InChI is InChI=1S/C14H21ClN2O3S/c1-4-7-17(8-9-20-3)21(18,19)13-5-6-14(15)12(10-13)11-16-2/h4-6,10,16H,1,7-9,11H2,2-3H3. The van der Waals surface area contributed by atoms with Crippen LogP contribution >= 0.6 is 11.6 Å². The van der Waals surface area contributed by atoms with Crippen molar-refractivity contribution in [2.45, 2.75) is 11.4 Å². The van der Waals surface area contributed by atoms with Crippen LogP contribution in [-0.2, 0) is 21.3 Å². The van der Waals surface area contributed by atoms with Gasteiger partial charge in [0.1, 0.15) is 0 Å². The Balaban J connectivity index is 3.14. The van der Waals surface area contributed by atoms with E-state index in [2.05, 4.69) is 11.9 Å². The molecule has 1 aromatic carbocycles. The number of ether oxygens (including phenoxy) is 1. The van der Waals surface area contributed by atoms with Crippen molar-refractivity contribution >= 4 is 21.6 Å². The molecule has 0 spiro atoms. The van der Waals surface area contributed by atoms with Crippen LogP contribution in [0.15, 0.2) is 35.7 Å². The summed E-state index contributed by atoms with van der Waals surface area (Å²) >= 11 is 6.06. The highest BCUT2D eigenvalue weighted by Gasteiger charge is 2.23. The van der Waals surface area contributed by atoms with Crippen LogP contribution in [0.2, 0.25) is 5.02 Å². The van der Waals surface area contributed by atoms with Gasteiger partial charge in [0.2, 0.25) is 10.0 Å². The van der Waals surface area contributed by atoms with Crippen LogP contribution in [0.4, 0.5) is 0 Å². The van der Waals surface area contributed by atoms with Gasteiger partial charge in [-0.1, -0.05) is 17.7 Å². The molecule has 0 aromatic heterocycles. The maximum atomic E-state index is 12.7. The molecule has 21 heavy (non-hydrogen) atoms. The Morgan fingerprint density at radius 3 is 2.76 bits per heavy atom. The van der Waals surface area contributed by atoms with E-state index in [1.54, 1.807) is 25.3 Å². The molecule has 0 saturated carbocycles. The van der Waals surface area contributed by atoms with E-state index >= 15 is 0 Å². The van der Waals surface area contributed by atoms with Crippen molar-refractivity contribution in [1.82, 2.24) is 9.62 Å². The fraction of sp³-hybridized carbons (Fsp3) is 0.429. The number of halogens is 1. The van der Waals surface area contributed by atoms with Crippen molar-refractivity contribution in [1.29, 1.82) is 0 Å². The summed E-state index contributed by atoms with van der Waals surface area (Å²) in [6.07, 6.45) is 1.55. The van der Waals surface area contributed by atoms with Gasteiger partial charge in [-0.2, -0.15) is 4.31 Å². The second-order valence-electron chi connectivity index (χ2n) is 4.43. The number of hydrogen-bond donors (Lipinski definition) is 1. The van der Waals surface area contributed by atoms with E-state index in [0.29, 0.717) is 18.2 Å². The smallest absolute Gasteiger partial charge is 0.243 e. The van der Waals surface area contributed by atoms with E-state index in [1.807, 2.05) is 0 Å². The van der Waals surface area contributed by atoms with Gasteiger partial charge in [-0.15, -0.1) is 6.58 Å². The van der Waals surface area contributed by atoms with E-state index in [1.165, 1.54) is 17.5 Å². The van der Waals surface area contributed by atoms with Gasteiger partial charge in [-0.05, 0) is 30.8 Å². The zero-order chi connectivity index (χ0) is 15.9. The molecule has 1 aromatic rings. The minimum Gasteiger partial charge on any atom is -0.383 e. The quantitative estimate of drug-likeness (QED) is 0.701. The fourth-order valence-electron chi connectivity index (χ4n) is 1.83. The van der Waals surface area contributed by atoms with Gasteiger partial charge in [-0.3, -0.25) is 0 Å². The van der Waals surface area contributed by atoms with Gasteiger partial charge in [0.25, 0.3) is 0 Å². The molecule has 0 atom stereocenters. The number of nitrogens with zero attached hydrogens (tertiary/aromatic N) is 1. The van der Waals surface area contributed by atoms with Crippen LogP contribution in [-0.4, -0.2) is 46.6 Å². The first kappa shape index (κ1) is 18.1. The van der Waals surface area contributed by atoms with Gasteiger partial charge in [0.15, 0.2) is 0 Å². The largest absolute Gasteiger partial charge is 0.383 e. The first-order chi connectivity index (χ1) is 9.97. The number of methoxy groups -OCH3 is 1. The van der Waals surface area contributed by atoms with Crippen molar-refractivity contribution in [3.63, 3.8) is 0 Å². The maximum absolute atomic E-state index is 12.7. The third-order valence-corrected chi connectivity index (χ3v) is 5.13. The fourth-order valence-corrected chi connectivity index (χ4v) is 3.46. The first-order valence-electron chi connectivity index (χ1n) is 6.50. The lowest BCUT2D eigenvalue weighted by Gasteiger charge is -2.21. The van der Waals surface area contributed by atoms with Crippen LogP contribution in [0.3, 0.4) is 0 Å². The monoisotopic (exact) mass is 332 g/mol. The number of hydrogen-bond acceptors (Lipinski definition) is 4. The van der Waals surface area contributed by atoms with E-state index in [9.17, 15) is 8.42 Å². The minimum absolute atomic E-state index is 0.218. The highest BCUT2D eigenvalue weighted by atomic mass is 35.5. The molecule has 0 unspecified atom stereocenters. The molecule has 118 valence electrons. The summed E-state index contributed by atoms with van der Waals surface area (Å²) in [5.41, 5.74) is 0.741. The second-order valence-corrected chi connectivity index (χ2v) is 6.77. The van der Waals surface area contributed by atoms with Crippen molar-refractivity contribution < 1.29 is 13.2 Å². The Labute approximate surface area is 131 Å². The zero-order valence-corrected chi connectivity index (χ0v) is 13.9. The Bertz CT molecular complexity index is 576. The van der Waals surface area contributed by atoms with Crippen molar-refractivity contribution in [3.05, 3.63) is 41.4 Å². The number of sulfonamides is 1. The summed E-state index contributed by atoms with van der Waals surface area (Å²) in [5, 5.41) is 3.50. The summed E-state index contributed by atoms with van der Waals surface area (Å²) in [6.45, 7) is 4.93. The second kappa shape index (κ2) is 8.51. The van der Waals surface area contributed by atoms with Crippen LogP contribution in [0.25, 0.3) is 0 Å². The molecule has 0 fully saturated rings. The summed E-state index contributed by atoms with van der Waals surface area (Å²) in [7, 11) is -0.286. The summed E-state index contributed by atoms with van der Waals surface area (Å²) < 4.78 is 31.6. The lowest BCUT2D eigenvalue weighted by Crippen LogP contribution is -2.34. The number of benzene rings is 1. The zero-order valence-electron chi connectivity index (χ0n) is 12.3. The topological polar surface area (TPSA) is 58.6 Å². The van der Waals surface area contributed by atoms with Crippen LogP contribution < -0.4 is 5.32 Å². The Morgan fingerprint density at radius 2 is 2.19 bits per heavy atom.